The van der Waals surface area contributed by atoms with E-state index < -0.39 is 0 Å². The third-order valence-electron chi connectivity index (χ3n) is 8.31. The highest BCUT2D eigenvalue weighted by atomic mass is 15.3. The molecule has 0 saturated carbocycles. The van der Waals surface area contributed by atoms with E-state index in [1.165, 1.54) is 22.3 Å². The van der Waals surface area contributed by atoms with Crippen LogP contribution in [-0.2, 0) is 32.7 Å². The molecule has 0 atom stereocenters. The van der Waals surface area contributed by atoms with Crippen molar-refractivity contribution in [1.82, 2.24) is 15.1 Å². The molecule has 0 aromatic heterocycles. The number of unbranched alkanes of at least 4 members (excludes halogenated alkanes) is 3. The van der Waals surface area contributed by atoms with Gasteiger partial charge in [0.1, 0.15) is 0 Å². The highest BCUT2D eigenvalue weighted by Crippen LogP contribution is 2.12. The molecule has 5 rings (SSSR count). The van der Waals surface area contributed by atoms with Crippen molar-refractivity contribution in [2.45, 2.75) is 52.0 Å². The quantitative estimate of drug-likeness (QED) is 0.0605. The Hall–Kier alpha value is -5.36. The van der Waals surface area contributed by atoms with Gasteiger partial charge in [-0.25, -0.2) is 9.98 Å². The van der Waals surface area contributed by atoms with Crippen molar-refractivity contribution in [3.63, 3.8) is 0 Å². The van der Waals surface area contributed by atoms with Gasteiger partial charge in [-0.3, -0.25) is 0 Å². The molecule has 0 fully saturated rings. The maximum atomic E-state index is 6.58. The molecule has 0 saturated heterocycles. The molecule has 3 N–H and O–H groups in total. The number of hydrogen-bond donors (Lipinski definition) is 2. The maximum absolute atomic E-state index is 6.58. The highest BCUT2D eigenvalue weighted by molar-refractivity contribution is 5.80. The smallest absolute Gasteiger partial charge is 0.194 e. The number of rotatable bonds is 17. The van der Waals surface area contributed by atoms with E-state index in [-0.39, 0.29) is 0 Å². The third kappa shape index (κ3) is 12.6. The summed E-state index contributed by atoms with van der Waals surface area (Å²) in [6, 6.07) is 52.4. The van der Waals surface area contributed by atoms with Crippen molar-refractivity contribution in [2.24, 2.45) is 15.7 Å². The Bertz CT molecular complexity index is 1660. The largest absolute Gasteiger partial charge is 0.370 e. The van der Waals surface area contributed by atoms with Gasteiger partial charge in [0.25, 0.3) is 0 Å². The molecular formula is C43H49N6. The second kappa shape index (κ2) is 20.1. The summed E-state index contributed by atoms with van der Waals surface area (Å²) in [7, 11) is 0. The number of hydrogen-bond acceptors (Lipinski definition) is 2. The van der Waals surface area contributed by atoms with Gasteiger partial charge >= 0.3 is 0 Å². The Balaban J connectivity index is 1.21. The Morgan fingerprint density at radius 2 is 0.959 bits per heavy atom. The van der Waals surface area contributed by atoms with Crippen LogP contribution in [-0.4, -0.2) is 34.8 Å². The molecule has 251 valence electrons. The van der Waals surface area contributed by atoms with Gasteiger partial charge in [-0.05, 0) is 53.5 Å². The van der Waals surface area contributed by atoms with Gasteiger partial charge < -0.3 is 20.9 Å². The number of aliphatic imine (C=N–C) groups is 2. The van der Waals surface area contributed by atoms with Gasteiger partial charge in [0.2, 0.25) is 0 Å². The number of nitrogens with one attached hydrogen (secondary N) is 1. The van der Waals surface area contributed by atoms with Crippen LogP contribution in [0.25, 0.3) is 0 Å². The second-order valence-corrected chi connectivity index (χ2v) is 12.2. The first kappa shape index (κ1) is 35.0. The molecule has 0 aliphatic heterocycles. The van der Waals surface area contributed by atoms with Crippen LogP contribution < -0.4 is 11.1 Å². The minimum absolute atomic E-state index is 0.577. The van der Waals surface area contributed by atoms with E-state index in [2.05, 4.69) is 143 Å². The number of guanidine groups is 2. The van der Waals surface area contributed by atoms with Crippen molar-refractivity contribution < 1.29 is 0 Å². The van der Waals surface area contributed by atoms with Crippen LogP contribution in [0.2, 0.25) is 0 Å². The van der Waals surface area contributed by atoms with Crippen LogP contribution >= 0.6 is 0 Å². The van der Waals surface area contributed by atoms with Crippen LogP contribution in [0.1, 0.15) is 47.1 Å². The van der Waals surface area contributed by atoms with Gasteiger partial charge in [-0.1, -0.05) is 152 Å². The van der Waals surface area contributed by atoms with E-state index in [4.69, 9.17) is 15.7 Å². The first-order valence-electron chi connectivity index (χ1n) is 17.3. The minimum atomic E-state index is 0.577. The fourth-order valence-electron chi connectivity index (χ4n) is 5.61. The summed E-state index contributed by atoms with van der Waals surface area (Å²) in [5, 5.41) is 3.68. The molecule has 0 aliphatic rings. The molecule has 0 amide bonds. The van der Waals surface area contributed by atoms with Crippen molar-refractivity contribution in [3.05, 3.63) is 186 Å². The molecule has 5 aromatic carbocycles. The van der Waals surface area contributed by atoms with Crippen molar-refractivity contribution >= 4 is 11.9 Å². The highest BCUT2D eigenvalue weighted by Gasteiger charge is 2.14. The molecule has 6 heteroatoms. The lowest BCUT2D eigenvalue weighted by Crippen LogP contribution is -2.41. The Labute approximate surface area is 293 Å². The fraction of sp³-hybridized carbons (Fsp3) is 0.233. The Kier molecular flexibility index (Phi) is 14.3. The normalized spacial score (nSPS) is 11.7. The zero-order valence-corrected chi connectivity index (χ0v) is 28.4. The molecule has 0 aliphatic carbocycles. The van der Waals surface area contributed by atoms with Gasteiger partial charge in [0, 0.05) is 32.7 Å². The predicted molar refractivity (Wildman–Crippen MR) is 204 cm³/mol. The van der Waals surface area contributed by atoms with Crippen molar-refractivity contribution in [3.8, 4) is 0 Å². The molecule has 1 radical (unpaired) electrons. The zero-order valence-electron chi connectivity index (χ0n) is 28.4. The predicted octanol–water partition coefficient (Wildman–Crippen LogP) is 8.23. The van der Waals surface area contributed by atoms with E-state index in [1.54, 1.807) is 0 Å². The van der Waals surface area contributed by atoms with E-state index in [0.717, 1.165) is 57.0 Å². The summed E-state index contributed by atoms with van der Waals surface area (Å²) in [6.45, 7) is 5.14. The zero-order chi connectivity index (χ0) is 33.8. The molecule has 0 heterocycles. The van der Waals surface area contributed by atoms with Crippen LogP contribution in [0.4, 0.5) is 0 Å². The molecule has 6 nitrogen and oxygen atoms in total. The average molecular weight is 650 g/mol. The monoisotopic (exact) mass is 649 g/mol. The van der Waals surface area contributed by atoms with Crippen LogP contribution in [0.15, 0.2) is 162 Å². The van der Waals surface area contributed by atoms with Crippen molar-refractivity contribution in [1.29, 1.82) is 0 Å². The summed E-state index contributed by atoms with van der Waals surface area (Å²) >= 11 is 0. The van der Waals surface area contributed by atoms with Gasteiger partial charge in [-0.15, -0.1) is 0 Å². The maximum Gasteiger partial charge on any atom is 0.194 e. The minimum Gasteiger partial charge on any atom is -0.370 e. The van der Waals surface area contributed by atoms with E-state index in [0.29, 0.717) is 25.6 Å². The van der Waals surface area contributed by atoms with E-state index >= 15 is 0 Å². The molecule has 5 aromatic rings. The average Bonchev–Trinajstić information content (AvgIpc) is 3.16. The van der Waals surface area contributed by atoms with Gasteiger partial charge in [0.05, 0.1) is 13.1 Å². The van der Waals surface area contributed by atoms with Gasteiger partial charge in [-0.2, -0.15) is 0 Å². The summed E-state index contributed by atoms with van der Waals surface area (Å²) in [5.41, 5.74) is 12.7. The molecule has 0 spiro atoms. The van der Waals surface area contributed by atoms with E-state index in [9.17, 15) is 0 Å². The molecule has 49 heavy (non-hydrogen) atoms. The van der Waals surface area contributed by atoms with Crippen LogP contribution in [0, 0.1) is 6.42 Å². The van der Waals surface area contributed by atoms with Crippen LogP contribution in [0.3, 0.4) is 0 Å². The number of nitrogens with zero attached hydrogens (tertiary/aromatic N) is 4. The van der Waals surface area contributed by atoms with E-state index in [1.807, 2.05) is 30.3 Å². The summed E-state index contributed by atoms with van der Waals surface area (Å²) in [5.74, 6) is 1.51. The summed E-state index contributed by atoms with van der Waals surface area (Å²) < 4.78 is 0. The third-order valence-corrected chi connectivity index (χ3v) is 8.31. The lowest BCUT2D eigenvalue weighted by atomic mass is 10.1. The lowest BCUT2D eigenvalue weighted by molar-refractivity contribution is 0.384. The SMILES string of the molecule is NC(=NCc1ccccc1)N(CCC[CH]CCN(Cc1ccccc1)C(=NCc1ccccc1)NCc1ccccc1)Cc1ccccc1. The second-order valence-electron chi connectivity index (χ2n) is 12.2. The lowest BCUT2D eigenvalue weighted by Gasteiger charge is -2.28. The molecule has 0 bridgehead atoms. The Morgan fingerprint density at radius 3 is 1.49 bits per heavy atom. The summed E-state index contributed by atoms with van der Waals surface area (Å²) in [6.07, 6.45) is 5.33. The molecule has 0 unspecified atom stereocenters. The standard InChI is InChI=1S/C43H49N6/c44-42(45-32-37-20-8-3-9-21-37)48(35-40-26-14-6-15-27-40)30-18-1-2-19-31-49(36-41-28-16-7-17-29-41)43(46-33-38-22-10-4-11-23-38)47-34-39-24-12-5-13-25-39/h2-17,20-29H,1,18-19,30-36H2,(H2,44,45)(H,46,47). The van der Waals surface area contributed by atoms with Gasteiger partial charge in [0.15, 0.2) is 11.9 Å². The van der Waals surface area contributed by atoms with Crippen molar-refractivity contribution in [2.75, 3.05) is 13.1 Å². The fourth-order valence-corrected chi connectivity index (χ4v) is 5.61. The number of nitrogens with two attached hydrogens (primary N) is 1. The first-order chi connectivity index (χ1) is 24.2. The van der Waals surface area contributed by atoms with Crippen LogP contribution in [0.5, 0.6) is 0 Å². The summed E-state index contributed by atoms with van der Waals surface area (Å²) in [4.78, 5) is 14.5. The Morgan fingerprint density at radius 1 is 0.510 bits per heavy atom. The number of benzene rings is 5. The molecular weight excluding hydrogens is 601 g/mol. The topological polar surface area (TPSA) is 69.2 Å². The first-order valence-corrected chi connectivity index (χ1v) is 17.3.